The molecule has 0 radical (unpaired) electrons. The van der Waals surface area contributed by atoms with Crippen LogP contribution in [0.4, 0.5) is 16.5 Å². The van der Waals surface area contributed by atoms with E-state index in [-0.39, 0.29) is 21.3 Å². The molecule has 0 spiro atoms. The number of esters is 1. The minimum atomic E-state index is -0.558. The third kappa shape index (κ3) is 4.20. The maximum atomic E-state index is 12.4. The molecule has 1 saturated heterocycles. The number of benzene rings is 1. The number of anilines is 2. The molecule has 27 heavy (non-hydrogen) atoms. The molecule has 11 heteroatoms. The van der Waals surface area contributed by atoms with Crippen LogP contribution in [0.5, 0.6) is 0 Å². The van der Waals surface area contributed by atoms with Crippen molar-refractivity contribution in [1.29, 1.82) is 0 Å². The Morgan fingerprint density at radius 3 is 2.78 bits per heavy atom. The van der Waals surface area contributed by atoms with Crippen LogP contribution in [-0.2, 0) is 9.47 Å². The molecule has 0 bridgehead atoms. The van der Waals surface area contributed by atoms with E-state index in [2.05, 4.69) is 15.0 Å². The first kappa shape index (κ1) is 18.7. The van der Waals surface area contributed by atoms with Crippen LogP contribution in [0.15, 0.2) is 24.4 Å². The van der Waals surface area contributed by atoms with Crippen molar-refractivity contribution in [1.82, 2.24) is 4.98 Å². The van der Waals surface area contributed by atoms with E-state index in [1.54, 1.807) is 6.07 Å². The number of ether oxygens (including phenoxy) is 2. The van der Waals surface area contributed by atoms with Crippen LogP contribution < -0.4 is 10.2 Å². The Hall–Kier alpha value is -3.05. The first-order chi connectivity index (χ1) is 13.0. The molecule has 2 heterocycles. The molecular formula is C16H16N4O6S. The maximum absolute atomic E-state index is 12.4. The summed E-state index contributed by atoms with van der Waals surface area (Å²) in [6.45, 7) is 2.07. The van der Waals surface area contributed by atoms with Crippen LogP contribution in [-0.4, -0.2) is 55.2 Å². The molecule has 1 aromatic heterocycles. The number of amides is 1. The van der Waals surface area contributed by atoms with Crippen LogP contribution in [0, 0.1) is 10.1 Å². The molecule has 1 aliphatic heterocycles. The van der Waals surface area contributed by atoms with Crippen LogP contribution in [0.3, 0.4) is 0 Å². The van der Waals surface area contributed by atoms with E-state index in [1.807, 2.05) is 4.90 Å². The van der Waals surface area contributed by atoms with Gasteiger partial charge in [-0.15, -0.1) is 0 Å². The molecule has 10 nitrogen and oxygen atoms in total. The van der Waals surface area contributed by atoms with Crippen molar-refractivity contribution in [2.24, 2.45) is 0 Å². The summed E-state index contributed by atoms with van der Waals surface area (Å²) in [5.74, 6) is -1.11. The molecule has 0 aliphatic carbocycles. The van der Waals surface area contributed by atoms with Gasteiger partial charge < -0.3 is 14.4 Å². The number of nitrogens with one attached hydrogen (secondary N) is 1. The first-order valence-electron chi connectivity index (χ1n) is 7.96. The van der Waals surface area contributed by atoms with Crippen molar-refractivity contribution in [2.75, 3.05) is 43.6 Å². The van der Waals surface area contributed by atoms with Gasteiger partial charge in [-0.25, -0.2) is 9.78 Å². The van der Waals surface area contributed by atoms with Crippen LogP contribution in [0.25, 0.3) is 0 Å². The van der Waals surface area contributed by atoms with Gasteiger partial charge in [0.15, 0.2) is 5.13 Å². The van der Waals surface area contributed by atoms with Crippen molar-refractivity contribution in [3.05, 3.63) is 45.0 Å². The highest BCUT2D eigenvalue weighted by Crippen LogP contribution is 2.30. The Labute approximate surface area is 157 Å². The fraction of sp³-hybridized carbons (Fsp3) is 0.312. The number of nitro groups is 1. The van der Waals surface area contributed by atoms with Gasteiger partial charge in [0, 0.05) is 24.7 Å². The van der Waals surface area contributed by atoms with Crippen molar-refractivity contribution in [3.63, 3.8) is 0 Å². The van der Waals surface area contributed by atoms with E-state index in [4.69, 9.17) is 4.74 Å². The third-order valence-corrected chi connectivity index (χ3v) is 4.79. The number of hydrogen-bond donors (Lipinski definition) is 1. The van der Waals surface area contributed by atoms with Gasteiger partial charge in [-0.3, -0.25) is 20.2 Å². The number of carbonyl (C=O) groups excluding carboxylic acids is 2. The quantitative estimate of drug-likeness (QED) is 0.465. The molecule has 0 saturated carbocycles. The highest BCUT2D eigenvalue weighted by molar-refractivity contribution is 7.17. The Bertz CT molecular complexity index is 878. The van der Waals surface area contributed by atoms with E-state index < -0.39 is 16.8 Å². The van der Waals surface area contributed by atoms with Gasteiger partial charge in [0.25, 0.3) is 11.6 Å². The molecule has 142 valence electrons. The molecule has 1 aliphatic rings. The molecule has 0 atom stereocenters. The van der Waals surface area contributed by atoms with E-state index in [9.17, 15) is 19.7 Å². The van der Waals surface area contributed by atoms with Gasteiger partial charge in [0.2, 0.25) is 0 Å². The topological polar surface area (TPSA) is 124 Å². The smallest absolute Gasteiger partial charge is 0.349 e. The summed E-state index contributed by atoms with van der Waals surface area (Å²) in [7, 11) is 1.25. The highest BCUT2D eigenvalue weighted by Gasteiger charge is 2.23. The summed E-state index contributed by atoms with van der Waals surface area (Å²) < 4.78 is 9.84. The molecule has 0 unspecified atom stereocenters. The second-order valence-corrected chi connectivity index (χ2v) is 6.57. The van der Waals surface area contributed by atoms with Crippen LogP contribution in [0.1, 0.15) is 20.0 Å². The lowest BCUT2D eigenvalue weighted by Crippen LogP contribution is -2.36. The zero-order chi connectivity index (χ0) is 19.4. The van der Waals surface area contributed by atoms with Crippen molar-refractivity contribution < 1.29 is 24.0 Å². The molecule has 1 N–H and O–H groups in total. The number of nitrogens with zero attached hydrogens (tertiary/aromatic N) is 3. The summed E-state index contributed by atoms with van der Waals surface area (Å²) in [5, 5.41) is 14.2. The van der Waals surface area contributed by atoms with Crippen molar-refractivity contribution >= 4 is 39.7 Å². The molecular weight excluding hydrogens is 376 g/mol. The minimum Gasteiger partial charge on any atom is -0.465 e. The maximum Gasteiger partial charge on any atom is 0.349 e. The zero-order valence-corrected chi connectivity index (χ0v) is 15.2. The van der Waals surface area contributed by atoms with Gasteiger partial charge in [-0.1, -0.05) is 11.3 Å². The van der Waals surface area contributed by atoms with Gasteiger partial charge in [0.1, 0.15) is 10.6 Å². The molecule has 2 aromatic rings. The molecule has 1 amide bonds. The van der Waals surface area contributed by atoms with Crippen LogP contribution >= 0.6 is 11.3 Å². The highest BCUT2D eigenvalue weighted by atomic mass is 32.1. The van der Waals surface area contributed by atoms with Crippen molar-refractivity contribution in [3.8, 4) is 0 Å². The lowest BCUT2D eigenvalue weighted by molar-refractivity contribution is -0.384. The van der Waals surface area contributed by atoms with Gasteiger partial charge in [-0.2, -0.15) is 0 Å². The number of aromatic nitrogens is 1. The minimum absolute atomic E-state index is 0.119. The van der Waals surface area contributed by atoms with Crippen molar-refractivity contribution in [2.45, 2.75) is 0 Å². The second-order valence-electron chi connectivity index (χ2n) is 5.54. The predicted octanol–water partition coefficient (Wildman–Crippen LogP) is 1.93. The van der Waals surface area contributed by atoms with E-state index in [0.717, 1.165) is 11.3 Å². The predicted molar refractivity (Wildman–Crippen MR) is 97.5 cm³/mol. The number of hydrogen-bond acceptors (Lipinski definition) is 9. The molecule has 3 rings (SSSR count). The lowest BCUT2D eigenvalue weighted by atomic mass is 10.1. The number of carbonyl (C=O) groups is 2. The van der Waals surface area contributed by atoms with E-state index in [1.165, 1.54) is 25.4 Å². The van der Waals surface area contributed by atoms with Gasteiger partial charge >= 0.3 is 5.97 Å². The van der Waals surface area contributed by atoms with E-state index in [0.29, 0.717) is 32.0 Å². The third-order valence-electron chi connectivity index (χ3n) is 3.90. The number of nitro benzene ring substituents is 1. The average molecular weight is 392 g/mol. The van der Waals surface area contributed by atoms with E-state index >= 15 is 0 Å². The summed E-state index contributed by atoms with van der Waals surface area (Å²) in [6.07, 6.45) is 1.29. The Kier molecular flexibility index (Phi) is 5.62. The Balaban J connectivity index is 1.80. The van der Waals surface area contributed by atoms with Crippen LogP contribution in [0.2, 0.25) is 0 Å². The summed E-state index contributed by atoms with van der Waals surface area (Å²) in [5.41, 5.74) is 0.412. The standard InChI is InChI=1S/C16H16N4O6S/c1-25-15(22)13-9-17-16(27-13)18-14(21)10-2-3-11(12(8-10)20(23)24)19-4-6-26-7-5-19/h2-3,8-9H,4-7H2,1H3,(H,17,18,21). The zero-order valence-electron chi connectivity index (χ0n) is 14.3. The molecule has 1 fully saturated rings. The summed E-state index contributed by atoms with van der Waals surface area (Å²) in [6, 6.07) is 4.30. The monoisotopic (exact) mass is 392 g/mol. The average Bonchev–Trinajstić information content (AvgIpc) is 3.16. The normalized spacial score (nSPS) is 13.9. The SMILES string of the molecule is COC(=O)c1cnc(NC(=O)c2ccc(N3CCOCC3)c([N+](=O)[O-])c2)s1. The summed E-state index contributed by atoms with van der Waals surface area (Å²) in [4.78, 5) is 40.8. The number of morpholine rings is 1. The Morgan fingerprint density at radius 1 is 1.37 bits per heavy atom. The lowest BCUT2D eigenvalue weighted by Gasteiger charge is -2.28. The van der Waals surface area contributed by atoms with Gasteiger partial charge in [-0.05, 0) is 12.1 Å². The first-order valence-corrected chi connectivity index (χ1v) is 8.78. The summed E-state index contributed by atoms with van der Waals surface area (Å²) >= 11 is 0.951. The number of methoxy groups -OCH3 is 1. The Morgan fingerprint density at radius 2 is 2.11 bits per heavy atom. The fourth-order valence-electron chi connectivity index (χ4n) is 2.58. The number of thiazole rings is 1. The van der Waals surface area contributed by atoms with Gasteiger partial charge in [0.05, 0.1) is 31.4 Å². The molecule has 1 aromatic carbocycles. The largest absolute Gasteiger partial charge is 0.465 e. The second kappa shape index (κ2) is 8.10. The number of rotatable bonds is 5. The fourth-order valence-corrected chi connectivity index (χ4v) is 3.31.